The van der Waals surface area contributed by atoms with Crippen LogP contribution in [-0.4, -0.2) is 56.1 Å². The number of halogens is 2. The summed E-state index contributed by atoms with van der Waals surface area (Å²) < 4.78 is 46.9. The first-order chi connectivity index (χ1) is 13.1. The maximum Gasteiger partial charge on any atom is 0.410 e. The van der Waals surface area contributed by atoms with Crippen LogP contribution in [0.2, 0.25) is 0 Å². The lowest BCUT2D eigenvalue weighted by atomic mass is 9.90. The Balaban J connectivity index is 1.72. The molecular formula is C20H31F2N3O4. The third-order valence-corrected chi connectivity index (χ3v) is 5.58. The van der Waals surface area contributed by atoms with Crippen molar-refractivity contribution in [1.29, 1.82) is 0 Å². The highest BCUT2D eigenvalue weighted by Crippen LogP contribution is 2.44. The highest BCUT2D eigenvalue weighted by molar-refractivity contribution is 5.69. The number of rotatable bonds is 3. The Morgan fingerprint density at radius 3 is 2.38 bits per heavy atom. The van der Waals surface area contributed by atoms with Gasteiger partial charge in [-0.3, -0.25) is 9.58 Å². The molecule has 29 heavy (non-hydrogen) atoms. The van der Waals surface area contributed by atoms with Crippen LogP contribution < -0.4 is 0 Å². The Bertz CT molecular complexity index is 754. The summed E-state index contributed by atoms with van der Waals surface area (Å²) in [5, 5.41) is 4.27. The summed E-state index contributed by atoms with van der Waals surface area (Å²) in [6, 6.07) is -0.717. The van der Waals surface area contributed by atoms with E-state index in [2.05, 4.69) is 5.10 Å². The van der Waals surface area contributed by atoms with Gasteiger partial charge in [-0.25, -0.2) is 13.6 Å². The molecule has 1 aromatic rings. The van der Waals surface area contributed by atoms with Crippen LogP contribution in [0, 0.1) is 0 Å². The van der Waals surface area contributed by atoms with Crippen LogP contribution in [0.1, 0.15) is 66.7 Å². The minimum Gasteiger partial charge on any atom is -0.444 e. The van der Waals surface area contributed by atoms with Crippen molar-refractivity contribution in [3.63, 3.8) is 0 Å². The lowest BCUT2D eigenvalue weighted by Crippen LogP contribution is -2.42. The maximum atomic E-state index is 14.0. The lowest BCUT2D eigenvalue weighted by Gasteiger charge is -2.30. The number of ether oxygens (including phenoxy) is 3. The number of amides is 1. The fraction of sp³-hybridized carbons (Fsp3) is 0.800. The Kier molecular flexibility index (Phi) is 5.23. The fourth-order valence-corrected chi connectivity index (χ4v) is 3.39. The SMILES string of the molecule is CC(C)(C)OC(=O)N1CC(F)(F)C[C@H]1Cn1cc(C2OC(C)(C)C(C)(C)O2)cn1. The number of carbonyl (C=O) groups is 1. The number of alkyl halides is 2. The van der Waals surface area contributed by atoms with Crippen molar-refractivity contribution in [3.8, 4) is 0 Å². The molecule has 0 aliphatic carbocycles. The van der Waals surface area contributed by atoms with Crippen molar-refractivity contribution < 1.29 is 27.8 Å². The number of likely N-dealkylation sites (tertiary alicyclic amines) is 1. The number of aromatic nitrogens is 2. The molecule has 2 fully saturated rings. The van der Waals surface area contributed by atoms with Gasteiger partial charge in [-0.1, -0.05) is 0 Å². The third-order valence-electron chi connectivity index (χ3n) is 5.58. The number of nitrogens with zero attached hydrogens (tertiary/aromatic N) is 3. The first-order valence-electron chi connectivity index (χ1n) is 9.84. The fourth-order valence-electron chi connectivity index (χ4n) is 3.39. The Labute approximate surface area is 170 Å². The average molecular weight is 415 g/mol. The molecule has 2 saturated heterocycles. The zero-order chi connectivity index (χ0) is 21.8. The van der Waals surface area contributed by atoms with E-state index in [1.807, 2.05) is 27.7 Å². The van der Waals surface area contributed by atoms with Gasteiger partial charge in [0.2, 0.25) is 0 Å². The Morgan fingerprint density at radius 2 is 1.83 bits per heavy atom. The van der Waals surface area contributed by atoms with Crippen molar-refractivity contribution in [1.82, 2.24) is 14.7 Å². The summed E-state index contributed by atoms with van der Waals surface area (Å²) in [5.74, 6) is -2.96. The van der Waals surface area contributed by atoms with E-state index >= 15 is 0 Å². The molecule has 0 N–H and O–H groups in total. The molecule has 0 saturated carbocycles. The summed E-state index contributed by atoms with van der Waals surface area (Å²) in [7, 11) is 0. The van der Waals surface area contributed by atoms with Gasteiger partial charge < -0.3 is 14.2 Å². The normalized spacial score (nSPS) is 26.1. The summed E-state index contributed by atoms with van der Waals surface area (Å²) >= 11 is 0. The second-order valence-electron chi connectivity index (χ2n) is 9.91. The Hall–Kier alpha value is -1.74. The number of hydrogen-bond acceptors (Lipinski definition) is 5. The largest absolute Gasteiger partial charge is 0.444 e. The third kappa shape index (κ3) is 4.71. The van der Waals surface area contributed by atoms with Crippen LogP contribution in [0.5, 0.6) is 0 Å². The molecule has 0 spiro atoms. The van der Waals surface area contributed by atoms with E-state index in [4.69, 9.17) is 14.2 Å². The molecule has 3 heterocycles. The molecule has 0 unspecified atom stereocenters. The molecule has 3 rings (SSSR count). The van der Waals surface area contributed by atoms with E-state index in [-0.39, 0.29) is 6.54 Å². The minimum absolute atomic E-state index is 0.133. The van der Waals surface area contributed by atoms with Crippen LogP contribution in [0.3, 0.4) is 0 Å². The van der Waals surface area contributed by atoms with Crippen LogP contribution in [-0.2, 0) is 20.8 Å². The van der Waals surface area contributed by atoms with E-state index in [0.29, 0.717) is 5.56 Å². The lowest BCUT2D eigenvalue weighted by molar-refractivity contribution is -0.0896. The van der Waals surface area contributed by atoms with Crippen LogP contribution in [0.15, 0.2) is 12.4 Å². The highest BCUT2D eigenvalue weighted by Gasteiger charge is 2.50. The summed E-state index contributed by atoms with van der Waals surface area (Å²) in [6.45, 7) is 12.4. The van der Waals surface area contributed by atoms with Gasteiger partial charge in [-0.2, -0.15) is 5.10 Å². The van der Waals surface area contributed by atoms with Gasteiger partial charge in [0.15, 0.2) is 6.29 Å². The minimum atomic E-state index is -2.96. The van der Waals surface area contributed by atoms with Crippen molar-refractivity contribution in [2.45, 2.75) is 96.5 Å². The van der Waals surface area contributed by atoms with E-state index in [1.165, 1.54) is 0 Å². The van der Waals surface area contributed by atoms with Crippen molar-refractivity contribution in [3.05, 3.63) is 18.0 Å². The van der Waals surface area contributed by atoms with E-state index in [1.54, 1.807) is 37.8 Å². The second kappa shape index (κ2) is 6.91. The maximum absolute atomic E-state index is 14.0. The summed E-state index contributed by atoms with van der Waals surface area (Å²) in [6.07, 6.45) is 1.57. The topological polar surface area (TPSA) is 65.8 Å². The van der Waals surface area contributed by atoms with Crippen LogP contribution in [0.25, 0.3) is 0 Å². The van der Waals surface area contributed by atoms with Gasteiger partial charge in [0.05, 0.1) is 36.5 Å². The molecule has 1 atom stereocenters. The molecule has 2 aliphatic heterocycles. The monoisotopic (exact) mass is 415 g/mol. The van der Waals surface area contributed by atoms with Gasteiger partial charge in [0.1, 0.15) is 5.60 Å². The quantitative estimate of drug-likeness (QED) is 0.743. The highest BCUT2D eigenvalue weighted by atomic mass is 19.3. The van der Waals surface area contributed by atoms with Crippen molar-refractivity contribution in [2.75, 3.05) is 6.54 Å². The van der Waals surface area contributed by atoms with Crippen LogP contribution >= 0.6 is 0 Å². The van der Waals surface area contributed by atoms with Crippen molar-refractivity contribution >= 4 is 6.09 Å². The second-order valence-corrected chi connectivity index (χ2v) is 9.91. The Morgan fingerprint density at radius 1 is 1.24 bits per heavy atom. The molecule has 9 heteroatoms. The van der Waals surface area contributed by atoms with Gasteiger partial charge in [0.25, 0.3) is 5.92 Å². The van der Waals surface area contributed by atoms with Gasteiger partial charge >= 0.3 is 6.09 Å². The van der Waals surface area contributed by atoms with Gasteiger partial charge in [-0.05, 0) is 48.5 Å². The van der Waals surface area contributed by atoms with Gasteiger partial charge in [0, 0.05) is 18.2 Å². The summed E-state index contributed by atoms with van der Waals surface area (Å²) in [4.78, 5) is 13.5. The van der Waals surface area contributed by atoms with Gasteiger partial charge in [-0.15, -0.1) is 0 Å². The molecule has 164 valence electrons. The predicted molar refractivity (Wildman–Crippen MR) is 102 cm³/mol. The zero-order valence-electron chi connectivity index (χ0n) is 18.2. The van der Waals surface area contributed by atoms with E-state index in [9.17, 15) is 13.6 Å². The first-order valence-corrected chi connectivity index (χ1v) is 9.84. The van der Waals surface area contributed by atoms with E-state index < -0.39 is 54.1 Å². The smallest absolute Gasteiger partial charge is 0.410 e. The number of hydrogen-bond donors (Lipinski definition) is 0. The first kappa shape index (κ1) is 22.0. The molecule has 1 aromatic heterocycles. The van der Waals surface area contributed by atoms with Crippen LogP contribution in [0.4, 0.5) is 13.6 Å². The molecule has 2 aliphatic rings. The van der Waals surface area contributed by atoms with E-state index in [0.717, 1.165) is 4.90 Å². The number of carbonyl (C=O) groups excluding carboxylic acids is 1. The molecule has 1 amide bonds. The van der Waals surface area contributed by atoms with Crippen molar-refractivity contribution in [2.24, 2.45) is 0 Å². The molecular weight excluding hydrogens is 384 g/mol. The molecule has 0 aromatic carbocycles. The molecule has 7 nitrogen and oxygen atoms in total. The summed E-state index contributed by atoms with van der Waals surface area (Å²) in [5.41, 5.74) is -1.02. The predicted octanol–water partition coefficient (Wildman–Crippen LogP) is 4.13. The average Bonchev–Trinajstić information content (AvgIpc) is 3.14. The molecule has 0 bridgehead atoms. The zero-order valence-corrected chi connectivity index (χ0v) is 18.2. The molecule has 0 radical (unpaired) electrons. The standard InChI is InChI=1S/C20H31F2N3O4/c1-17(2,3)29-16(26)25-12-20(21,22)8-14(25)11-24-10-13(9-23-24)15-27-18(4,5)19(6,7)28-15/h9-10,14-15H,8,11-12H2,1-7H3/t14-/m0/s1.